The fourth-order valence-corrected chi connectivity index (χ4v) is 4.50. The molecule has 1 aliphatic carbocycles. The van der Waals surface area contributed by atoms with E-state index in [1.807, 2.05) is 39.0 Å². The highest BCUT2D eigenvalue weighted by Gasteiger charge is 2.47. The normalized spacial score (nSPS) is 23.8. The number of carbonyl (C=O) groups excluding carboxylic acids is 3. The summed E-state index contributed by atoms with van der Waals surface area (Å²) in [7, 11) is 2.83. The van der Waals surface area contributed by atoms with E-state index in [0.29, 0.717) is 41.0 Å². The lowest BCUT2D eigenvalue weighted by atomic mass is 9.69. The summed E-state index contributed by atoms with van der Waals surface area (Å²) < 4.78 is 16.2. The molecule has 0 saturated heterocycles. The van der Waals surface area contributed by atoms with E-state index in [0.717, 1.165) is 5.70 Å². The molecule has 1 aliphatic heterocycles. The Bertz CT molecular complexity index is 992. The van der Waals surface area contributed by atoms with Crippen LogP contribution in [0.1, 0.15) is 52.0 Å². The minimum absolute atomic E-state index is 0.235. The van der Waals surface area contributed by atoms with E-state index in [1.54, 1.807) is 20.1 Å². The van der Waals surface area contributed by atoms with Crippen molar-refractivity contribution in [1.82, 2.24) is 5.32 Å². The monoisotopic (exact) mass is 441 g/mol. The number of rotatable bonds is 6. The van der Waals surface area contributed by atoms with E-state index in [-0.39, 0.29) is 17.8 Å². The molecule has 0 spiro atoms. The third-order valence-corrected chi connectivity index (χ3v) is 6.30. The molecule has 0 fully saturated rings. The van der Waals surface area contributed by atoms with E-state index in [4.69, 9.17) is 14.2 Å². The summed E-state index contributed by atoms with van der Waals surface area (Å²) in [6, 6.07) is 7.29. The summed E-state index contributed by atoms with van der Waals surface area (Å²) in [6.07, 6.45) is 0.873. The summed E-state index contributed by atoms with van der Waals surface area (Å²) in [5.41, 5.74) is 2.76. The van der Waals surface area contributed by atoms with Crippen LogP contribution in [0.5, 0.6) is 5.75 Å². The molecular weight excluding hydrogens is 410 g/mol. The minimum Gasteiger partial charge on any atom is -0.496 e. The molecular formula is C25H31NO6. The number of dihydropyridines is 1. The van der Waals surface area contributed by atoms with Crippen LogP contribution in [0, 0.1) is 11.8 Å². The second-order valence-electron chi connectivity index (χ2n) is 8.40. The van der Waals surface area contributed by atoms with Crippen molar-refractivity contribution in [3.63, 3.8) is 0 Å². The molecule has 7 heteroatoms. The number of benzene rings is 1. The highest BCUT2D eigenvalue weighted by atomic mass is 16.5. The van der Waals surface area contributed by atoms with Crippen molar-refractivity contribution in [3.05, 3.63) is 52.4 Å². The van der Waals surface area contributed by atoms with E-state index in [2.05, 4.69) is 5.32 Å². The van der Waals surface area contributed by atoms with Gasteiger partial charge in [-0.15, -0.1) is 0 Å². The van der Waals surface area contributed by atoms with Gasteiger partial charge in [-0.05, 0) is 38.7 Å². The number of ketones is 1. The van der Waals surface area contributed by atoms with Crippen molar-refractivity contribution in [1.29, 1.82) is 0 Å². The molecule has 172 valence electrons. The van der Waals surface area contributed by atoms with Crippen molar-refractivity contribution < 1.29 is 28.6 Å². The summed E-state index contributed by atoms with van der Waals surface area (Å²) >= 11 is 0. The molecule has 3 rings (SSSR count). The van der Waals surface area contributed by atoms with Crippen LogP contribution >= 0.6 is 0 Å². The quantitative estimate of drug-likeness (QED) is 0.532. The van der Waals surface area contributed by atoms with E-state index in [1.165, 1.54) is 7.11 Å². The maximum absolute atomic E-state index is 13.7. The van der Waals surface area contributed by atoms with Gasteiger partial charge in [0, 0.05) is 22.5 Å². The van der Waals surface area contributed by atoms with Gasteiger partial charge in [0.1, 0.15) is 11.7 Å². The summed E-state index contributed by atoms with van der Waals surface area (Å²) in [4.78, 5) is 39.5. The van der Waals surface area contributed by atoms with Gasteiger partial charge in [0.25, 0.3) is 0 Å². The molecule has 1 heterocycles. The van der Waals surface area contributed by atoms with Crippen LogP contribution in [-0.2, 0) is 23.9 Å². The largest absolute Gasteiger partial charge is 0.496 e. The van der Waals surface area contributed by atoms with Gasteiger partial charge < -0.3 is 19.5 Å². The Labute approximate surface area is 188 Å². The first-order valence-corrected chi connectivity index (χ1v) is 10.9. The Balaban J connectivity index is 2.21. The molecule has 0 radical (unpaired) electrons. The first-order valence-electron chi connectivity index (χ1n) is 10.9. The fraction of sp³-hybridized carbons (Fsp3) is 0.480. The first-order chi connectivity index (χ1) is 15.2. The minimum atomic E-state index is -0.928. The van der Waals surface area contributed by atoms with Gasteiger partial charge in [-0.3, -0.25) is 9.59 Å². The molecule has 2 aliphatic rings. The van der Waals surface area contributed by atoms with Crippen LogP contribution in [0.25, 0.3) is 0 Å². The maximum Gasteiger partial charge on any atom is 0.337 e. The number of nitrogens with one attached hydrogen (secondary N) is 1. The molecule has 4 atom stereocenters. The van der Waals surface area contributed by atoms with Crippen LogP contribution in [0.3, 0.4) is 0 Å². The number of Topliss-reactive ketones (excluding diaryl/α,β-unsaturated/α-hetero) is 1. The fourth-order valence-electron chi connectivity index (χ4n) is 4.50. The van der Waals surface area contributed by atoms with Crippen molar-refractivity contribution in [2.75, 3.05) is 14.2 Å². The van der Waals surface area contributed by atoms with Crippen LogP contribution in [0.4, 0.5) is 0 Å². The summed E-state index contributed by atoms with van der Waals surface area (Å²) in [6.45, 7) is 7.42. The first kappa shape index (κ1) is 23.6. The van der Waals surface area contributed by atoms with Crippen molar-refractivity contribution in [2.45, 2.75) is 52.6 Å². The van der Waals surface area contributed by atoms with Gasteiger partial charge in [-0.1, -0.05) is 32.0 Å². The predicted octanol–water partition coefficient (Wildman–Crippen LogP) is 3.65. The van der Waals surface area contributed by atoms with Gasteiger partial charge in [0.2, 0.25) is 0 Å². The molecule has 1 aromatic carbocycles. The predicted molar refractivity (Wildman–Crippen MR) is 119 cm³/mol. The Morgan fingerprint density at radius 2 is 1.91 bits per heavy atom. The van der Waals surface area contributed by atoms with Crippen LogP contribution in [-0.4, -0.2) is 38.0 Å². The molecule has 0 unspecified atom stereocenters. The Hall–Kier alpha value is -3.09. The lowest BCUT2D eigenvalue weighted by molar-refractivity contribution is -0.151. The lowest BCUT2D eigenvalue weighted by Gasteiger charge is -2.38. The molecule has 32 heavy (non-hydrogen) atoms. The zero-order valence-corrected chi connectivity index (χ0v) is 19.5. The highest BCUT2D eigenvalue weighted by Crippen LogP contribution is 2.47. The van der Waals surface area contributed by atoms with Crippen LogP contribution in [0.15, 0.2) is 46.8 Å². The van der Waals surface area contributed by atoms with Crippen LogP contribution < -0.4 is 10.1 Å². The Kier molecular flexibility index (Phi) is 7.06. The smallest absolute Gasteiger partial charge is 0.337 e. The number of hydrogen-bond donors (Lipinski definition) is 1. The number of carbonyl (C=O) groups is 3. The number of hydrogen-bond acceptors (Lipinski definition) is 7. The standard InChI is InChI=1S/C25H31NO6/c1-7-14(3)32-25(29)20-15(4)26-17-12-13(2)19(24(28)31-6)23(27)22(17)21(20)16-10-8-9-11-18(16)30-5/h8-11,13-14,19,21,26H,7,12H2,1-6H3/t13-,14-,19-,21+/m0/s1. The van der Waals surface area contributed by atoms with Gasteiger partial charge in [-0.25, -0.2) is 4.79 Å². The van der Waals surface area contributed by atoms with Gasteiger partial charge >= 0.3 is 11.9 Å². The summed E-state index contributed by atoms with van der Waals surface area (Å²) in [5.74, 6) is -2.73. The number of para-hydroxylation sites is 1. The van der Waals surface area contributed by atoms with Crippen molar-refractivity contribution in [2.24, 2.45) is 11.8 Å². The lowest BCUT2D eigenvalue weighted by Crippen LogP contribution is -2.43. The summed E-state index contributed by atoms with van der Waals surface area (Å²) in [5, 5.41) is 3.26. The zero-order valence-electron chi connectivity index (χ0n) is 19.5. The molecule has 1 N–H and O–H groups in total. The van der Waals surface area contributed by atoms with Crippen LogP contribution in [0.2, 0.25) is 0 Å². The van der Waals surface area contributed by atoms with Gasteiger partial charge in [0.15, 0.2) is 5.78 Å². The van der Waals surface area contributed by atoms with Gasteiger partial charge in [0.05, 0.1) is 31.8 Å². The molecule has 0 bridgehead atoms. The molecule has 1 aromatic rings. The highest BCUT2D eigenvalue weighted by molar-refractivity contribution is 6.12. The van der Waals surface area contributed by atoms with Gasteiger partial charge in [-0.2, -0.15) is 0 Å². The average molecular weight is 442 g/mol. The number of methoxy groups -OCH3 is 2. The van der Waals surface area contributed by atoms with E-state index >= 15 is 0 Å². The number of ether oxygens (including phenoxy) is 3. The molecule has 0 aromatic heterocycles. The third kappa shape index (κ3) is 4.16. The number of esters is 2. The van der Waals surface area contributed by atoms with E-state index < -0.39 is 23.8 Å². The molecule has 0 amide bonds. The molecule has 7 nitrogen and oxygen atoms in total. The molecule has 0 saturated carbocycles. The van der Waals surface area contributed by atoms with E-state index in [9.17, 15) is 14.4 Å². The second-order valence-corrected chi connectivity index (χ2v) is 8.40. The SMILES string of the molecule is CC[C@H](C)OC(=O)C1=C(C)NC2=C(C(=O)[C@@H](C(=O)OC)[C@@H](C)C2)[C@@H]1c1ccccc1OC. The number of allylic oxidation sites excluding steroid dienone is 3. The Morgan fingerprint density at radius 3 is 2.53 bits per heavy atom. The van der Waals surface area contributed by atoms with Crippen molar-refractivity contribution in [3.8, 4) is 5.75 Å². The van der Waals surface area contributed by atoms with Crippen molar-refractivity contribution >= 4 is 17.7 Å². The third-order valence-electron chi connectivity index (χ3n) is 6.30. The average Bonchev–Trinajstić information content (AvgIpc) is 2.77. The zero-order chi connectivity index (χ0) is 23.6. The Morgan fingerprint density at radius 1 is 1.22 bits per heavy atom. The maximum atomic E-state index is 13.7. The second kappa shape index (κ2) is 9.59. The topological polar surface area (TPSA) is 90.9 Å².